The fourth-order valence-corrected chi connectivity index (χ4v) is 7.50. The Morgan fingerprint density at radius 2 is 1.73 bits per heavy atom. The molecule has 1 amide bonds. The molecule has 4 rings (SSSR count). The number of amides is 1. The topological polar surface area (TPSA) is 90.3 Å². The van der Waals surface area contributed by atoms with Gasteiger partial charge in [0.05, 0.1) is 11.5 Å². The van der Waals surface area contributed by atoms with Crippen LogP contribution in [-0.2, 0) is 26.8 Å². The van der Waals surface area contributed by atoms with E-state index in [9.17, 15) is 18.5 Å². The third-order valence-corrected chi connectivity index (χ3v) is 9.77. The molecular weight excluding hydrogens is 434 g/mol. The molecule has 33 heavy (non-hydrogen) atoms. The standard InChI is InChI=1S/C26H31N3O3S/c1-20-7-12-25(22-5-3-2-4-6-22)33(31,32)29(20)17-21-8-10-23(11-9-21)26(18-27)15-13-24(14-16-26)28-19-30/h2-6,8-11,19-20,24-25H,7,12-17H2,1H3,(H,28,30). The zero-order chi connectivity index (χ0) is 23.5. The Labute approximate surface area is 196 Å². The molecule has 0 spiro atoms. The zero-order valence-electron chi connectivity index (χ0n) is 19.0. The summed E-state index contributed by atoms with van der Waals surface area (Å²) in [6, 6.07) is 19.9. The molecule has 1 aliphatic carbocycles. The number of rotatable bonds is 6. The summed E-state index contributed by atoms with van der Waals surface area (Å²) in [7, 11) is -3.48. The monoisotopic (exact) mass is 465 g/mol. The summed E-state index contributed by atoms with van der Waals surface area (Å²) >= 11 is 0. The molecule has 6 nitrogen and oxygen atoms in total. The zero-order valence-corrected chi connectivity index (χ0v) is 19.8. The van der Waals surface area contributed by atoms with Crippen molar-refractivity contribution in [3.63, 3.8) is 0 Å². The van der Waals surface area contributed by atoms with Gasteiger partial charge in [-0.1, -0.05) is 54.6 Å². The van der Waals surface area contributed by atoms with E-state index in [0.717, 1.165) is 42.4 Å². The Morgan fingerprint density at radius 3 is 2.33 bits per heavy atom. The summed E-state index contributed by atoms with van der Waals surface area (Å²) in [6.07, 6.45) is 5.14. The molecule has 2 aromatic rings. The lowest BCUT2D eigenvalue weighted by atomic mass is 9.69. The maximum Gasteiger partial charge on any atom is 0.221 e. The van der Waals surface area contributed by atoms with E-state index >= 15 is 0 Å². The van der Waals surface area contributed by atoms with Crippen LogP contribution >= 0.6 is 0 Å². The first-order chi connectivity index (χ1) is 15.9. The molecule has 0 bridgehead atoms. The first-order valence-corrected chi connectivity index (χ1v) is 13.2. The van der Waals surface area contributed by atoms with Gasteiger partial charge in [-0.25, -0.2) is 8.42 Å². The molecule has 1 saturated heterocycles. The van der Waals surface area contributed by atoms with Crippen molar-refractivity contribution in [2.45, 2.75) is 74.7 Å². The molecule has 2 fully saturated rings. The van der Waals surface area contributed by atoms with Crippen LogP contribution in [0.15, 0.2) is 54.6 Å². The molecule has 1 heterocycles. The molecular formula is C26H31N3O3S. The van der Waals surface area contributed by atoms with E-state index in [1.807, 2.05) is 61.5 Å². The number of sulfonamides is 1. The van der Waals surface area contributed by atoms with Crippen LogP contribution < -0.4 is 5.32 Å². The van der Waals surface area contributed by atoms with Gasteiger partial charge in [-0.15, -0.1) is 0 Å². The van der Waals surface area contributed by atoms with Crippen molar-refractivity contribution in [2.75, 3.05) is 0 Å². The van der Waals surface area contributed by atoms with Crippen LogP contribution in [0.5, 0.6) is 0 Å². The van der Waals surface area contributed by atoms with E-state index in [1.54, 1.807) is 4.31 Å². The van der Waals surface area contributed by atoms with Crippen LogP contribution in [-0.4, -0.2) is 31.2 Å². The number of carbonyl (C=O) groups is 1. The molecule has 1 N–H and O–H groups in total. The maximum atomic E-state index is 13.5. The van der Waals surface area contributed by atoms with Crippen LogP contribution in [0.3, 0.4) is 0 Å². The predicted molar refractivity (Wildman–Crippen MR) is 128 cm³/mol. The van der Waals surface area contributed by atoms with Crippen molar-refractivity contribution in [1.29, 1.82) is 5.26 Å². The SMILES string of the molecule is CC1CCC(c2ccccc2)S(=O)(=O)N1Cc1ccc(C2(C#N)CCC(NC=O)CC2)cc1. The van der Waals surface area contributed by atoms with Crippen LogP contribution in [0.25, 0.3) is 0 Å². The number of hydrogen-bond donors (Lipinski definition) is 1. The summed E-state index contributed by atoms with van der Waals surface area (Å²) in [5.41, 5.74) is 2.19. The molecule has 2 aliphatic rings. The highest BCUT2D eigenvalue weighted by molar-refractivity contribution is 7.89. The molecule has 0 radical (unpaired) electrons. The molecule has 7 heteroatoms. The lowest BCUT2D eigenvalue weighted by molar-refractivity contribution is -0.110. The second-order valence-electron chi connectivity index (χ2n) is 9.37. The highest BCUT2D eigenvalue weighted by Crippen LogP contribution is 2.40. The maximum absolute atomic E-state index is 13.5. The van der Waals surface area contributed by atoms with Gasteiger partial charge in [-0.2, -0.15) is 9.57 Å². The van der Waals surface area contributed by atoms with Crippen LogP contribution in [0.4, 0.5) is 0 Å². The summed E-state index contributed by atoms with van der Waals surface area (Å²) in [5, 5.41) is 12.3. The minimum atomic E-state index is -3.48. The van der Waals surface area contributed by atoms with E-state index in [0.29, 0.717) is 25.8 Å². The Balaban J connectivity index is 1.51. The Kier molecular flexibility index (Phi) is 6.87. The largest absolute Gasteiger partial charge is 0.356 e. The highest BCUT2D eigenvalue weighted by atomic mass is 32.2. The van der Waals surface area contributed by atoms with Crippen molar-refractivity contribution < 1.29 is 13.2 Å². The average molecular weight is 466 g/mol. The van der Waals surface area contributed by atoms with Gasteiger partial charge in [0, 0.05) is 18.6 Å². The first kappa shape index (κ1) is 23.5. The van der Waals surface area contributed by atoms with Gasteiger partial charge in [-0.05, 0) is 62.1 Å². The van der Waals surface area contributed by atoms with Crippen molar-refractivity contribution in [2.24, 2.45) is 0 Å². The van der Waals surface area contributed by atoms with Crippen molar-refractivity contribution in [3.8, 4) is 6.07 Å². The van der Waals surface area contributed by atoms with Crippen LogP contribution in [0, 0.1) is 11.3 Å². The van der Waals surface area contributed by atoms with Gasteiger partial charge in [0.1, 0.15) is 5.25 Å². The van der Waals surface area contributed by atoms with Gasteiger partial charge < -0.3 is 5.32 Å². The third kappa shape index (κ3) is 4.68. The first-order valence-electron chi connectivity index (χ1n) is 11.7. The van der Waals surface area contributed by atoms with E-state index in [1.165, 1.54) is 0 Å². The van der Waals surface area contributed by atoms with E-state index in [4.69, 9.17) is 0 Å². The minimum absolute atomic E-state index is 0.0549. The van der Waals surface area contributed by atoms with Crippen LogP contribution in [0.2, 0.25) is 0 Å². The summed E-state index contributed by atoms with van der Waals surface area (Å²) < 4.78 is 28.6. The van der Waals surface area contributed by atoms with Gasteiger partial charge >= 0.3 is 0 Å². The van der Waals surface area contributed by atoms with Gasteiger partial charge in [0.2, 0.25) is 16.4 Å². The van der Waals surface area contributed by atoms with Crippen molar-refractivity contribution in [3.05, 3.63) is 71.3 Å². The molecule has 2 unspecified atom stereocenters. The average Bonchev–Trinajstić information content (AvgIpc) is 2.83. The number of carbonyl (C=O) groups excluding carboxylic acids is 1. The summed E-state index contributed by atoms with van der Waals surface area (Å²) in [5.74, 6) is 0. The van der Waals surface area contributed by atoms with Gasteiger partial charge in [0.15, 0.2) is 0 Å². The normalized spacial score (nSPS) is 29.6. The molecule has 174 valence electrons. The van der Waals surface area contributed by atoms with Gasteiger partial charge in [-0.3, -0.25) is 4.79 Å². The van der Waals surface area contributed by atoms with Gasteiger partial charge in [0.25, 0.3) is 0 Å². The molecule has 0 aromatic heterocycles. The smallest absolute Gasteiger partial charge is 0.221 e. The summed E-state index contributed by atoms with van der Waals surface area (Å²) in [6.45, 7) is 2.31. The molecule has 1 saturated carbocycles. The fraction of sp³-hybridized carbons (Fsp3) is 0.462. The molecule has 2 atom stereocenters. The van der Waals surface area contributed by atoms with E-state index < -0.39 is 20.7 Å². The number of nitrogens with one attached hydrogen (secondary N) is 1. The summed E-state index contributed by atoms with van der Waals surface area (Å²) in [4.78, 5) is 10.7. The van der Waals surface area contributed by atoms with Crippen molar-refractivity contribution in [1.82, 2.24) is 9.62 Å². The Bertz CT molecular complexity index is 1100. The Hall–Kier alpha value is -2.69. The molecule has 2 aromatic carbocycles. The molecule has 1 aliphatic heterocycles. The number of hydrogen-bond acceptors (Lipinski definition) is 4. The lowest BCUT2D eigenvalue weighted by Crippen LogP contribution is -2.44. The predicted octanol–water partition coefficient (Wildman–Crippen LogP) is 4.19. The number of nitrogens with zero attached hydrogens (tertiary/aromatic N) is 2. The number of nitriles is 1. The van der Waals surface area contributed by atoms with E-state index in [-0.39, 0.29) is 12.1 Å². The van der Waals surface area contributed by atoms with Crippen LogP contribution in [0.1, 0.15) is 67.4 Å². The fourth-order valence-electron chi connectivity index (χ4n) is 5.30. The lowest BCUT2D eigenvalue weighted by Gasteiger charge is -2.38. The third-order valence-electron chi connectivity index (χ3n) is 7.40. The van der Waals surface area contributed by atoms with E-state index in [2.05, 4.69) is 11.4 Å². The van der Waals surface area contributed by atoms with Crippen molar-refractivity contribution >= 4 is 16.4 Å². The quantitative estimate of drug-likeness (QED) is 0.648. The minimum Gasteiger partial charge on any atom is -0.356 e. The second-order valence-corrected chi connectivity index (χ2v) is 11.4. The second kappa shape index (κ2) is 9.66. The Morgan fingerprint density at radius 1 is 1.06 bits per heavy atom. The number of benzene rings is 2. The highest BCUT2D eigenvalue weighted by Gasteiger charge is 2.41.